The highest BCUT2D eigenvalue weighted by Crippen LogP contribution is 2.25. The second-order valence-corrected chi connectivity index (χ2v) is 6.61. The number of piperazine rings is 1. The fourth-order valence-corrected chi connectivity index (χ4v) is 3.55. The molecule has 6 heteroatoms. The molecular weight excluding hydrogens is 302 g/mol. The molecule has 1 saturated heterocycles. The van der Waals surface area contributed by atoms with E-state index in [1.54, 1.807) is 0 Å². The van der Waals surface area contributed by atoms with E-state index in [1.165, 1.54) is 0 Å². The monoisotopic (exact) mass is 331 g/mol. The summed E-state index contributed by atoms with van der Waals surface area (Å²) in [5, 5.41) is 13.4. The maximum absolute atomic E-state index is 9.99. The van der Waals surface area contributed by atoms with E-state index in [2.05, 4.69) is 33.1 Å². The predicted octanol–water partition coefficient (Wildman–Crippen LogP) is 1.33. The van der Waals surface area contributed by atoms with Crippen molar-refractivity contribution in [2.45, 2.75) is 32.3 Å². The van der Waals surface area contributed by atoms with Gasteiger partial charge in [-0.15, -0.1) is 0 Å². The van der Waals surface area contributed by atoms with Gasteiger partial charge in [0.05, 0.1) is 6.10 Å². The van der Waals surface area contributed by atoms with Gasteiger partial charge >= 0.3 is 0 Å². The minimum atomic E-state index is -0.169. The third kappa shape index (κ3) is 4.17. The topological polar surface area (TPSA) is 64.0 Å². The van der Waals surface area contributed by atoms with E-state index in [-0.39, 0.29) is 6.10 Å². The predicted molar refractivity (Wildman–Crippen MR) is 97.3 cm³/mol. The van der Waals surface area contributed by atoms with Gasteiger partial charge in [0.2, 0.25) is 0 Å². The summed E-state index contributed by atoms with van der Waals surface area (Å²) in [5.41, 5.74) is 0. The largest absolute Gasteiger partial charge is 0.393 e. The van der Waals surface area contributed by atoms with Crippen LogP contribution in [0.4, 0.5) is 5.82 Å². The van der Waals surface area contributed by atoms with Gasteiger partial charge in [-0.1, -0.05) is 12.5 Å². The summed E-state index contributed by atoms with van der Waals surface area (Å²) in [5.74, 6) is 2.36. The Kier molecular flexibility index (Phi) is 5.91. The Hall–Kier alpha value is -1.82. The first-order valence-corrected chi connectivity index (χ1v) is 9.15. The van der Waals surface area contributed by atoms with Gasteiger partial charge in [0.1, 0.15) is 5.82 Å². The second-order valence-electron chi connectivity index (χ2n) is 6.61. The minimum absolute atomic E-state index is 0.169. The number of hydrogen-bond donors (Lipinski definition) is 2. The van der Waals surface area contributed by atoms with Crippen molar-refractivity contribution in [3.63, 3.8) is 0 Å². The van der Waals surface area contributed by atoms with Crippen molar-refractivity contribution in [2.75, 3.05) is 44.2 Å². The SMILES string of the molecule is CCNC(=NCC1CCCC1O)N1CCN(c2ccccn2)CC1. The van der Waals surface area contributed by atoms with Crippen molar-refractivity contribution in [3.05, 3.63) is 24.4 Å². The fourth-order valence-electron chi connectivity index (χ4n) is 3.55. The lowest BCUT2D eigenvalue weighted by atomic mass is 10.1. The molecule has 0 spiro atoms. The molecule has 1 aromatic heterocycles. The first-order chi connectivity index (χ1) is 11.8. The first-order valence-electron chi connectivity index (χ1n) is 9.15. The average molecular weight is 331 g/mol. The quantitative estimate of drug-likeness (QED) is 0.644. The van der Waals surface area contributed by atoms with Crippen molar-refractivity contribution in [2.24, 2.45) is 10.9 Å². The number of aliphatic hydroxyl groups excluding tert-OH is 1. The Morgan fingerprint density at radius 2 is 2.12 bits per heavy atom. The van der Waals surface area contributed by atoms with E-state index in [0.717, 1.165) is 70.3 Å². The highest BCUT2D eigenvalue weighted by Gasteiger charge is 2.26. The van der Waals surface area contributed by atoms with E-state index in [1.807, 2.05) is 18.3 Å². The lowest BCUT2D eigenvalue weighted by Crippen LogP contribution is -2.52. The second kappa shape index (κ2) is 8.33. The Bertz CT molecular complexity index is 527. The summed E-state index contributed by atoms with van der Waals surface area (Å²) < 4.78 is 0. The Morgan fingerprint density at radius 1 is 1.29 bits per heavy atom. The highest BCUT2D eigenvalue weighted by molar-refractivity contribution is 5.80. The Morgan fingerprint density at radius 3 is 2.75 bits per heavy atom. The van der Waals surface area contributed by atoms with Gasteiger partial charge in [0.15, 0.2) is 5.96 Å². The number of anilines is 1. The molecule has 1 aliphatic heterocycles. The summed E-state index contributed by atoms with van der Waals surface area (Å²) in [6.45, 7) is 7.48. The van der Waals surface area contributed by atoms with Crippen LogP contribution in [0.1, 0.15) is 26.2 Å². The van der Waals surface area contributed by atoms with Gasteiger partial charge in [-0.25, -0.2) is 4.98 Å². The molecule has 1 aliphatic carbocycles. The molecule has 2 fully saturated rings. The number of aliphatic hydroxyl groups is 1. The van der Waals surface area contributed by atoms with Crippen LogP contribution in [-0.2, 0) is 0 Å². The summed E-state index contributed by atoms with van der Waals surface area (Å²) in [6, 6.07) is 6.05. The van der Waals surface area contributed by atoms with Crippen LogP contribution in [0.2, 0.25) is 0 Å². The molecule has 24 heavy (non-hydrogen) atoms. The lowest BCUT2D eigenvalue weighted by Gasteiger charge is -2.37. The summed E-state index contributed by atoms with van der Waals surface area (Å²) in [7, 11) is 0. The van der Waals surface area contributed by atoms with Crippen molar-refractivity contribution in [3.8, 4) is 0 Å². The van der Waals surface area contributed by atoms with Gasteiger partial charge in [0.25, 0.3) is 0 Å². The molecule has 3 rings (SSSR count). The zero-order valence-electron chi connectivity index (χ0n) is 14.6. The molecule has 1 saturated carbocycles. The van der Waals surface area contributed by atoms with Crippen LogP contribution in [0.5, 0.6) is 0 Å². The maximum atomic E-state index is 9.99. The molecule has 2 heterocycles. The fraction of sp³-hybridized carbons (Fsp3) is 0.667. The van der Waals surface area contributed by atoms with Crippen molar-refractivity contribution in [1.29, 1.82) is 0 Å². The van der Waals surface area contributed by atoms with Crippen LogP contribution >= 0.6 is 0 Å². The van der Waals surface area contributed by atoms with Gasteiger partial charge in [-0.05, 0) is 31.9 Å². The van der Waals surface area contributed by atoms with Gasteiger partial charge in [-0.3, -0.25) is 4.99 Å². The van der Waals surface area contributed by atoms with Gasteiger partial charge in [-0.2, -0.15) is 0 Å². The van der Waals surface area contributed by atoms with E-state index in [4.69, 9.17) is 4.99 Å². The minimum Gasteiger partial charge on any atom is -0.393 e. The molecule has 2 N–H and O–H groups in total. The zero-order chi connectivity index (χ0) is 16.8. The van der Waals surface area contributed by atoms with E-state index >= 15 is 0 Å². The van der Waals surface area contributed by atoms with Crippen LogP contribution in [0.25, 0.3) is 0 Å². The lowest BCUT2D eigenvalue weighted by molar-refractivity contribution is 0.136. The first kappa shape index (κ1) is 17.0. The zero-order valence-corrected chi connectivity index (χ0v) is 14.6. The number of pyridine rings is 1. The van der Waals surface area contributed by atoms with Crippen LogP contribution in [0.3, 0.4) is 0 Å². The van der Waals surface area contributed by atoms with E-state index < -0.39 is 0 Å². The number of aromatic nitrogens is 1. The number of hydrogen-bond acceptors (Lipinski definition) is 4. The Balaban J connectivity index is 1.57. The molecule has 2 atom stereocenters. The van der Waals surface area contributed by atoms with Crippen molar-refractivity contribution < 1.29 is 5.11 Å². The van der Waals surface area contributed by atoms with Crippen LogP contribution in [0, 0.1) is 5.92 Å². The molecule has 2 aliphatic rings. The molecule has 0 amide bonds. The standard InChI is InChI=1S/C18H29N5O/c1-2-19-18(21-14-15-6-5-7-16(15)24)23-12-10-22(11-13-23)17-8-3-4-9-20-17/h3-4,8-9,15-16,24H,2,5-7,10-14H2,1H3,(H,19,21). The molecular formula is C18H29N5O. The maximum Gasteiger partial charge on any atom is 0.194 e. The molecule has 1 aromatic rings. The van der Waals surface area contributed by atoms with Crippen molar-refractivity contribution in [1.82, 2.24) is 15.2 Å². The van der Waals surface area contributed by atoms with E-state index in [0.29, 0.717) is 5.92 Å². The van der Waals surface area contributed by atoms with Gasteiger partial charge in [0, 0.05) is 51.4 Å². The van der Waals surface area contributed by atoms with E-state index in [9.17, 15) is 5.11 Å². The number of rotatable bonds is 4. The third-order valence-corrected chi connectivity index (χ3v) is 4.98. The molecule has 132 valence electrons. The molecule has 0 aromatic carbocycles. The van der Waals surface area contributed by atoms with Crippen LogP contribution in [0.15, 0.2) is 29.4 Å². The normalized spacial score (nSPS) is 25.2. The Labute approximate surface area is 144 Å². The molecule has 2 unspecified atom stereocenters. The van der Waals surface area contributed by atoms with Crippen molar-refractivity contribution >= 4 is 11.8 Å². The molecule has 6 nitrogen and oxygen atoms in total. The molecule has 0 bridgehead atoms. The summed E-state index contributed by atoms with van der Waals surface area (Å²) in [4.78, 5) is 13.9. The highest BCUT2D eigenvalue weighted by atomic mass is 16.3. The smallest absolute Gasteiger partial charge is 0.194 e. The number of nitrogens with zero attached hydrogens (tertiary/aromatic N) is 4. The number of nitrogens with one attached hydrogen (secondary N) is 1. The number of guanidine groups is 1. The number of aliphatic imine (C=N–C) groups is 1. The van der Waals surface area contributed by atoms with Gasteiger partial charge < -0.3 is 20.2 Å². The average Bonchev–Trinajstić information content (AvgIpc) is 3.04. The van der Waals surface area contributed by atoms with Crippen LogP contribution in [-0.4, -0.2) is 66.3 Å². The molecule has 0 radical (unpaired) electrons. The van der Waals surface area contributed by atoms with Crippen LogP contribution < -0.4 is 10.2 Å². The summed E-state index contributed by atoms with van der Waals surface area (Å²) in [6.07, 6.45) is 4.83. The summed E-state index contributed by atoms with van der Waals surface area (Å²) >= 11 is 0. The third-order valence-electron chi connectivity index (χ3n) is 4.98.